The number of pyridine rings is 1. The molecule has 0 saturated carbocycles. The van der Waals surface area contributed by atoms with Gasteiger partial charge in [0.25, 0.3) is 5.91 Å². The fraction of sp³-hybridized carbons (Fsp3) is 0.600. The number of anilines is 1. The van der Waals surface area contributed by atoms with Gasteiger partial charge < -0.3 is 15.4 Å². The van der Waals surface area contributed by atoms with Gasteiger partial charge in [-0.25, -0.2) is 10.8 Å². The van der Waals surface area contributed by atoms with Crippen molar-refractivity contribution in [1.29, 1.82) is 0 Å². The van der Waals surface area contributed by atoms with E-state index in [2.05, 4.69) is 17.3 Å². The number of carbonyl (C=O) groups is 1. The Balaban J connectivity index is 2.23. The maximum Gasteiger partial charge on any atom is 0.254 e. The second-order valence-electron chi connectivity index (χ2n) is 5.95. The third kappa shape index (κ3) is 3.92. The van der Waals surface area contributed by atoms with Gasteiger partial charge in [0.2, 0.25) is 0 Å². The molecule has 116 valence electrons. The molecule has 1 aromatic rings. The first-order valence-corrected chi connectivity index (χ1v) is 7.44. The van der Waals surface area contributed by atoms with Crippen molar-refractivity contribution >= 4 is 11.7 Å². The molecule has 0 aromatic carbocycles. The van der Waals surface area contributed by atoms with Crippen LogP contribution in [0.3, 0.4) is 0 Å². The number of β-amino-alcohol motifs (C(OH)–C–C–N with tert-alkyl or cyclic N) is 1. The zero-order valence-electron chi connectivity index (χ0n) is 12.7. The van der Waals surface area contributed by atoms with Gasteiger partial charge >= 0.3 is 0 Å². The van der Waals surface area contributed by atoms with Crippen molar-refractivity contribution < 1.29 is 9.90 Å². The fourth-order valence-corrected chi connectivity index (χ4v) is 2.75. The van der Waals surface area contributed by atoms with Gasteiger partial charge in [-0.05, 0) is 38.3 Å². The van der Waals surface area contributed by atoms with Gasteiger partial charge in [-0.3, -0.25) is 4.79 Å². The molecule has 1 atom stereocenters. The summed E-state index contributed by atoms with van der Waals surface area (Å²) in [5, 5.41) is 10.1. The normalized spacial score (nSPS) is 22.2. The number of likely N-dealkylation sites (tertiary alicyclic amines) is 1. The van der Waals surface area contributed by atoms with Crippen molar-refractivity contribution in [3.63, 3.8) is 0 Å². The molecule has 2 rings (SSSR count). The average molecular weight is 292 g/mol. The third-order valence-corrected chi connectivity index (χ3v) is 3.74. The number of aryl methyl sites for hydroxylation is 1. The van der Waals surface area contributed by atoms with Gasteiger partial charge in [0, 0.05) is 24.3 Å². The lowest BCUT2D eigenvalue weighted by molar-refractivity contribution is -0.0107. The molecule has 1 unspecified atom stereocenters. The van der Waals surface area contributed by atoms with Crippen LogP contribution in [0.1, 0.15) is 49.2 Å². The Kier molecular flexibility index (Phi) is 4.80. The number of nitrogens with one attached hydrogen (secondary N) is 1. The first-order chi connectivity index (χ1) is 9.95. The largest absolute Gasteiger partial charge is 0.388 e. The summed E-state index contributed by atoms with van der Waals surface area (Å²) in [5.41, 5.74) is 3.12. The van der Waals surface area contributed by atoms with E-state index in [4.69, 9.17) is 5.84 Å². The van der Waals surface area contributed by atoms with Gasteiger partial charge in [-0.1, -0.05) is 13.3 Å². The molecule has 0 aliphatic carbocycles. The lowest BCUT2D eigenvalue weighted by Crippen LogP contribution is -2.48. The highest BCUT2D eigenvalue weighted by Gasteiger charge is 2.31. The first-order valence-electron chi connectivity index (χ1n) is 7.44. The van der Waals surface area contributed by atoms with Crippen LogP contribution >= 0.6 is 0 Å². The van der Waals surface area contributed by atoms with E-state index >= 15 is 0 Å². The Morgan fingerprint density at radius 1 is 1.57 bits per heavy atom. The molecule has 0 spiro atoms. The number of nitrogens with zero attached hydrogens (tertiary/aromatic N) is 2. The summed E-state index contributed by atoms with van der Waals surface area (Å²) in [6.45, 7) is 4.87. The van der Waals surface area contributed by atoms with Crippen LogP contribution in [0.15, 0.2) is 12.1 Å². The van der Waals surface area contributed by atoms with Crippen LogP contribution in [0.4, 0.5) is 5.82 Å². The summed E-state index contributed by atoms with van der Waals surface area (Å²) in [6.07, 6.45) is 3.29. The zero-order valence-corrected chi connectivity index (χ0v) is 12.7. The highest BCUT2D eigenvalue weighted by atomic mass is 16.3. The summed E-state index contributed by atoms with van der Waals surface area (Å²) in [7, 11) is 0. The van der Waals surface area contributed by atoms with Crippen LogP contribution in [0, 0.1) is 0 Å². The van der Waals surface area contributed by atoms with Crippen LogP contribution in [0.5, 0.6) is 0 Å². The minimum absolute atomic E-state index is 0.0776. The molecule has 0 bridgehead atoms. The van der Waals surface area contributed by atoms with Crippen molar-refractivity contribution in [3.05, 3.63) is 23.4 Å². The molecule has 6 heteroatoms. The number of rotatable bonds is 4. The SMILES string of the molecule is CCCc1cc(C(=O)N2CCCC(C)(O)C2)cc(NN)n1. The van der Waals surface area contributed by atoms with Crippen LogP contribution in [0.2, 0.25) is 0 Å². The number of aromatic nitrogens is 1. The van der Waals surface area contributed by atoms with Crippen LogP contribution in [-0.2, 0) is 6.42 Å². The molecule has 6 nitrogen and oxygen atoms in total. The molecule has 21 heavy (non-hydrogen) atoms. The smallest absolute Gasteiger partial charge is 0.254 e. The van der Waals surface area contributed by atoms with Crippen LogP contribution in [-0.4, -0.2) is 39.6 Å². The number of nitrogen functional groups attached to an aromatic ring is 1. The van der Waals surface area contributed by atoms with Crippen LogP contribution < -0.4 is 11.3 Å². The van der Waals surface area contributed by atoms with Crippen molar-refractivity contribution in [2.24, 2.45) is 5.84 Å². The van der Waals surface area contributed by atoms with Gasteiger partial charge in [0.1, 0.15) is 5.82 Å². The second-order valence-corrected chi connectivity index (χ2v) is 5.95. The number of amides is 1. The molecule has 1 fully saturated rings. The standard InChI is InChI=1S/C15H24N4O2/c1-3-5-12-8-11(9-13(17-12)18-16)14(20)19-7-4-6-15(2,21)10-19/h8-9,21H,3-7,10,16H2,1-2H3,(H,17,18). The number of aliphatic hydroxyl groups is 1. The summed E-state index contributed by atoms with van der Waals surface area (Å²) in [6, 6.07) is 3.47. The Bertz CT molecular complexity index is 516. The molecule has 2 heterocycles. The number of carbonyl (C=O) groups excluding carboxylic acids is 1. The first kappa shape index (κ1) is 15.7. The predicted molar refractivity (Wildman–Crippen MR) is 81.8 cm³/mol. The van der Waals surface area contributed by atoms with E-state index in [1.807, 2.05) is 6.07 Å². The maximum atomic E-state index is 12.6. The lowest BCUT2D eigenvalue weighted by atomic mass is 9.94. The van der Waals surface area contributed by atoms with Gasteiger partial charge in [-0.15, -0.1) is 0 Å². The summed E-state index contributed by atoms with van der Waals surface area (Å²) in [5.74, 6) is 5.84. The lowest BCUT2D eigenvalue weighted by Gasteiger charge is -2.36. The number of nitrogens with two attached hydrogens (primary N) is 1. The van der Waals surface area contributed by atoms with Crippen molar-refractivity contribution in [1.82, 2.24) is 9.88 Å². The Hall–Kier alpha value is -1.66. The van der Waals surface area contributed by atoms with E-state index in [1.54, 1.807) is 17.9 Å². The van der Waals surface area contributed by atoms with E-state index < -0.39 is 5.60 Å². The number of hydrazine groups is 1. The number of piperidine rings is 1. The fourth-order valence-electron chi connectivity index (χ4n) is 2.75. The van der Waals surface area contributed by atoms with Crippen molar-refractivity contribution in [3.8, 4) is 0 Å². The highest BCUT2D eigenvalue weighted by Crippen LogP contribution is 2.22. The molecule has 1 aromatic heterocycles. The Morgan fingerprint density at radius 3 is 2.95 bits per heavy atom. The summed E-state index contributed by atoms with van der Waals surface area (Å²) in [4.78, 5) is 18.7. The van der Waals surface area contributed by atoms with E-state index in [1.165, 1.54) is 0 Å². The second kappa shape index (κ2) is 6.41. The van der Waals surface area contributed by atoms with Gasteiger partial charge in [-0.2, -0.15) is 0 Å². The minimum atomic E-state index is -0.803. The van der Waals surface area contributed by atoms with E-state index in [-0.39, 0.29) is 5.91 Å². The third-order valence-electron chi connectivity index (χ3n) is 3.74. The molecule has 1 aliphatic heterocycles. The summed E-state index contributed by atoms with van der Waals surface area (Å²) >= 11 is 0. The number of hydrogen-bond acceptors (Lipinski definition) is 5. The van der Waals surface area contributed by atoms with Gasteiger partial charge in [0.05, 0.1) is 5.60 Å². The molecule has 0 radical (unpaired) electrons. The van der Waals surface area contributed by atoms with Crippen molar-refractivity contribution in [2.75, 3.05) is 18.5 Å². The molecule has 1 aliphatic rings. The summed E-state index contributed by atoms with van der Waals surface area (Å²) < 4.78 is 0. The topological polar surface area (TPSA) is 91.5 Å². The maximum absolute atomic E-state index is 12.6. The highest BCUT2D eigenvalue weighted by molar-refractivity contribution is 5.95. The Labute approximate surface area is 125 Å². The Morgan fingerprint density at radius 2 is 2.33 bits per heavy atom. The molecule has 1 amide bonds. The monoisotopic (exact) mass is 292 g/mol. The number of hydrogen-bond donors (Lipinski definition) is 3. The molecule has 1 saturated heterocycles. The zero-order chi connectivity index (χ0) is 15.5. The predicted octanol–water partition coefficient (Wildman–Crippen LogP) is 1.31. The van der Waals surface area contributed by atoms with E-state index in [0.29, 0.717) is 24.5 Å². The molecular formula is C15H24N4O2. The van der Waals surface area contributed by atoms with Gasteiger partial charge in [0.15, 0.2) is 0 Å². The average Bonchev–Trinajstić information content (AvgIpc) is 2.45. The quantitative estimate of drug-likeness (QED) is 0.575. The van der Waals surface area contributed by atoms with E-state index in [0.717, 1.165) is 31.4 Å². The molecular weight excluding hydrogens is 268 g/mol. The van der Waals surface area contributed by atoms with Crippen molar-refractivity contribution in [2.45, 2.75) is 45.1 Å². The minimum Gasteiger partial charge on any atom is -0.388 e. The van der Waals surface area contributed by atoms with Crippen LogP contribution in [0.25, 0.3) is 0 Å². The van der Waals surface area contributed by atoms with E-state index in [9.17, 15) is 9.90 Å². The molecule has 4 N–H and O–H groups in total.